The number of carbonyl (C=O) groups excluding carboxylic acids is 1. The Hall–Kier alpha value is -2.46. The first kappa shape index (κ1) is 20.3. The third-order valence-electron chi connectivity index (χ3n) is 4.30. The van der Waals surface area contributed by atoms with Crippen LogP contribution in [-0.2, 0) is 11.0 Å². The molecule has 150 valence electrons. The lowest BCUT2D eigenvalue weighted by Gasteiger charge is -2.38. The highest BCUT2D eigenvalue weighted by Crippen LogP contribution is 2.31. The molecule has 1 aliphatic rings. The summed E-state index contributed by atoms with van der Waals surface area (Å²) < 4.78 is 52.0. The van der Waals surface area contributed by atoms with Gasteiger partial charge in [-0.2, -0.15) is 17.6 Å². The summed E-state index contributed by atoms with van der Waals surface area (Å²) in [5.41, 5.74) is -0.336. The first-order valence-electron chi connectivity index (χ1n) is 8.30. The van der Waals surface area contributed by atoms with Gasteiger partial charge in [0.15, 0.2) is 17.9 Å². The number of nitrogens with zero attached hydrogens (tertiary/aromatic N) is 4. The van der Waals surface area contributed by atoms with Crippen LogP contribution >= 0.6 is 11.6 Å². The second-order valence-electron chi connectivity index (χ2n) is 6.11. The van der Waals surface area contributed by atoms with Crippen LogP contribution in [0.3, 0.4) is 0 Å². The highest BCUT2D eigenvalue weighted by Gasteiger charge is 2.37. The first-order valence-corrected chi connectivity index (χ1v) is 8.68. The van der Waals surface area contributed by atoms with Crippen molar-refractivity contribution in [1.29, 1.82) is 0 Å². The number of carbonyl (C=O) groups is 1. The summed E-state index contributed by atoms with van der Waals surface area (Å²) in [4.78, 5) is 22.3. The molecule has 0 amide bonds. The van der Waals surface area contributed by atoms with Crippen molar-refractivity contribution in [3.8, 4) is 0 Å². The number of hydrogen-bond donors (Lipinski definition) is 1. The van der Waals surface area contributed by atoms with Crippen molar-refractivity contribution < 1.29 is 22.4 Å². The Morgan fingerprint density at radius 1 is 1.00 bits per heavy atom. The van der Waals surface area contributed by atoms with Gasteiger partial charge in [-0.1, -0.05) is 11.6 Å². The zero-order chi connectivity index (χ0) is 20.4. The van der Waals surface area contributed by atoms with Crippen molar-refractivity contribution in [1.82, 2.24) is 14.9 Å². The third-order valence-corrected chi connectivity index (χ3v) is 4.62. The highest BCUT2D eigenvalue weighted by atomic mass is 35.5. The van der Waals surface area contributed by atoms with Crippen LogP contribution in [0.1, 0.15) is 5.56 Å². The van der Waals surface area contributed by atoms with Gasteiger partial charge >= 0.3 is 6.18 Å². The quantitative estimate of drug-likeness (QED) is 0.348. The van der Waals surface area contributed by atoms with E-state index in [2.05, 4.69) is 15.3 Å². The molecule has 1 aromatic carbocycles. The fourth-order valence-electron chi connectivity index (χ4n) is 2.82. The molecule has 28 heavy (non-hydrogen) atoms. The molecule has 11 heteroatoms. The van der Waals surface area contributed by atoms with Crippen molar-refractivity contribution in [2.24, 2.45) is 0 Å². The Balaban J connectivity index is 1.73. The molecule has 0 unspecified atom stereocenters. The summed E-state index contributed by atoms with van der Waals surface area (Å²) in [7, 11) is 0. The van der Waals surface area contributed by atoms with Crippen molar-refractivity contribution in [3.63, 3.8) is 0 Å². The second-order valence-corrected chi connectivity index (χ2v) is 6.64. The molecular formula is C17H16ClF4N5O. The minimum Gasteiger partial charge on any atom is -0.351 e. The molecule has 0 spiro atoms. The lowest BCUT2D eigenvalue weighted by atomic mass is 10.2. The predicted octanol–water partition coefficient (Wildman–Crippen LogP) is 3.42. The lowest BCUT2D eigenvalue weighted by Crippen LogP contribution is -2.54. The largest absolute Gasteiger partial charge is 0.416 e. The predicted molar refractivity (Wildman–Crippen MR) is 96.3 cm³/mol. The van der Waals surface area contributed by atoms with E-state index in [0.717, 1.165) is 12.1 Å². The zero-order valence-electron chi connectivity index (χ0n) is 14.5. The van der Waals surface area contributed by atoms with Gasteiger partial charge in [0, 0.05) is 44.3 Å². The topological polar surface area (TPSA) is 61.4 Å². The number of rotatable bonds is 5. The summed E-state index contributed by atoms with van der Waals surface area (Å²) in [5.74, 6) is 0.815. The van der Waals surface area contributed by atoms with Crippen LogP contribution in [0.2, 0.25) is 0 Å². The van der Waals surface area contributed by atoms with Crippen molar-refractivity contribution >= 4 is 35.2 Å². The number of aldehydes is 1. The molecule has 6 nitrogen and oxygen atoms in total. The summed E-state index contributed by atoms with van der Waals surface area (Å²) >= 11 is 5.53. The smallest absolute Gasteiger partial charge is 0.351 e. The third kappa shape index (κ3) is 4.50. The van der Waals surface area contributed by atoms with Gasteiger partial charge in [0.2, 0.25) is 0 Å². The molecular weight excluding hydrogens is 402 g/mol. The minimum absolute atomic E-state index is 0.0458. The van der Waals surface area contributed by atoms with Gasteiger partial charge < -0.3 is 10.2 Å². The Morgan fingerprint density at radius 3 is 2.18 bits per heavy atom. The van der Waals surface area contributed by atoms with Crippen LogP contribution in [0.15, 0.2) is 36.7 Å². The lowest BCUT2D eigenvalue weighted by molar-refractivity contribution is -0.137. The number of benzene rings is 1. The average molecular weight is 418 g/mol. The van der Waals surface area contributed by atoms with Gasteiger partial charge in [-0.05, 0) is 24.3 Å². The van der Waals surface area contributed by atoms with E-state index in [9.17, 15) is 22.4 Å². The molecule has 0 radical (unpaired) electrons. The van der Waals surface area contributed by atoms with Gasteiger partial charge in [0.05, 0.1) is 5.56 Å². The maximum absolute atomic E-state index is 13.9. The van der Waals surface area contributed by atoms with Gasteiger partial charge in [-0.15, -0.1) is 0 Å². The Labute approximate surface area is 163 Å². The van der Waals surface area contributed by atoms with E-state index in [4.69, 9.17) is 11.6 Å². The van der Waals surface area contributed by atoms with Crippen molar-refractivity contribution in [2.75, 3.05) is 36.4 Å². The molecule has 1 aliphatic heterocycles. The van der Waals surface area contributed by atoms with Crippen LogP contribution in [0.5, 0.6) is 0 Å². The maximum atomic E-state index is 13.9. The van der Waals surface area contributed by atoms with E-state index >= 15 is 0 Å². The number of aromatic nitrogens is 2. The molecule has 1 saturated heterocycles. The van der Waals surface area contributed by atoms with Gasteiger partial charge in [0.25, 0.3) is 5.25 Å². The van der Waals surface area contributed by atoms with E-state index in [1.165, 1.54) is 29.4 Å². The molecule has 0 bridgehead atoms. The maximum Gasteiger partial charge on any atom is 0.416 e. The van der Waals surface area contributed by atoms with Crippen LogP contribution in [0, 0.1) is 0 Å². The SMILES string of the molecule is O=C[C@](F)(Cl)N1CCN(c2nccnc2Nc2ccc(C(F)(F)F)cc2)CC1. The number of piperazine rings is 1. The van der Waals surface area contributed by atoms with E-state index in [-0.39, 0.29) is 19.4 Å². The number of halogens is 5. The van der Waals surface area contributed by atoms with Crippen LogP contribution in [-0.4, -0.2) is 52.6 Å². The minimum atomic E-state index is -4.41. The van der Waals surface area contributed by atoms with Crippen molar-refractivity contribution in [3.05, 3.63) is 42.2 Å². The zero-order valence-corrected chi connectivity index (χ0v) is 15.2. The van der Waals surface area contributed by atoms with Gasteiger partial charge in [0.1, 0.15) is 0 Å². The number of hydrogen-bond acceptors (Lipinski definition) is 6. The molecule has 1 fully saturated rings. The average Bonchev–Trinajstić information content (AvgIpc) is 2.68. The molecule has 3 rings (SSSR count). The van der Waals surface area contributed by atoms with Gasteiger partial charge in [-0.25, -0.2) is 14.9 Å². The summed E-state index contributed by atoms with van der Waals surface area (Å²) in [5, 5.41) is 0.403. The number of anilines is 3. The standard InChI is InChI=1S/C17H16ClF4N5O/c18-16(19,11-28)27-9-7-26(8-10-27)15-14(23-5-6-24-15)25-13-3-1-12(2-4-13)17(20,21)22/h1-6,11H,7-10H2,(H,23,25)/t16-/m1/s1. The molecule has 1 N–H and O–H groups in total. The molecule has 2 aromatic rings. The van der Waals surface area contributed by atoms with E-state index < -0.39 is 17.0 Å². The molecule has 1 aromatic heterocycles. The van der Waals surface area contributed by atoms with Crippen LogP contribution < -0.4 is 10.2 Å². The monoisotopic (exact) mass is 417 g/mol. The van der Waals surface area contributed by atoms with Crippen molar-refractivity contribution in [2.45, 2.75) is 11.4 Å². The Kier molecular flexibility index (Phi) is 5.71. The summed E-state index contributed by atoms with van der Waals surface area (Å²) in [6, 6.07) is 4.54. The molecule has 0 saturated carbocycles. The Bertz CT molecular complexity index is 823. The van der Waals surface area contributed by atoms with Crippen LogP contribution in [0.4, 0.5) is 34.9 Å². The van der Waals surface area contributed by atoms with Gasteiger partial charge in [-0.3, -0.25) is 4.79 Å². The fraction of sp³-hybridized carbons (Fsp3) is 0.353. The second kappa shape index (κ2) is 7.88. The van der Waals surface area contributed by atoms with Crippen LogP contribution in [0.25, 0.3) is 0 Å². The summed E-state index contributed by atoms with van der Waals surface area (Å²) in [6.45, 7) is 1.06. The Morgan fingerprint density at radius 2 is 1.61 bits per heavy atom. The number of nitrogens with one attached hydrogen (secondary N) is 1. The highest BCUT2D eigenvalue weighted by molar-refractivity contribution is 6.29. The normalized spacial score (nSPS) is 17.8. The fourth-order valence-corrected chi connectivity index (χ4v) is 2.99. The summed E-state index contributed by atoms with van der Waals surface area (Å²) in [6.07, 6.45) is -1.44. The number of alkyl halides is 5. The van der Waals surface area contributed by atoms with E-state index in [1.807, 2.05) is 4.90 Å². The molecule has 0 aliphatic carbocycles. The van der Waals surface area contributed by atoms with E-state index in [0.29, 0.717) is 30.4 Å². The van der Waals surface area contributed by atoms with E-state index in [1.54, 1.807) is 0 Å². The molecule has 2 heterocycles. The first-order chi connectivity index (χ1) is 13.2. The molecule has 1 atom stereocenters.